The van der Waals surface area contributed by atoms with Crippen LogP contribution in [0.15, 0.2) is 60.3 Å². The maximum atomic E-state index is 12.2. The van der Waals surface area contributed by atoms with E-state index in [-0.39, 0.29) is 11.1 Å². The molecule has 0 aliphatic rings. The van der Waals surface area contributed by atoms with Crippen molar-refractivity contribution in [3.05, 3.63) is 77.0 Å². The number of amides is 1. The number of nitrogens with one attached hydrogen (secondary N) is 1. The Morgan fingerprint density at radius 3 is 2.95 bits per heavy atom. The zero-order valence-electron chi connectivity index (χ0n) is 11.0. The summed E-state index contributed by atoms with van der Waals surface area (Å²) in [7, 11) is 0. The van der Waals surface area contributed by atoms with Gasteiger partial charge < -0.3 is 9.88 Å². The molecule has 2 aromatic heterocycles. The first-order valence-corrected chi connectivity index (χ1v) is 6.20. The van der Waals surface area contributed by atoms with Crippen molar-refractivity contribution < 1.29 is 4.79 Å². The highest BCUT2D eigenvalue weighted by atomic mass is 16.2. The van der Waals surface area contributed by atoms with Crippen LogP contribution in [0, 0.1) is 0 Å². The summed E-state index contributed by atoms with van der Waals surface area (Å²) in [5, 5.41) is 2.60. The van der Waals surface area contributed by atoms with Crippen molar-refractivity contribution in [2.45, 2.75) is 6.54 Å². The summed E-state index contributed by atoms with van der Waals surface area (Å²) < 4.78 is 1.49. The fraction of sp³-hybridized carbons (Fsp3) is 0.133. The second-order valence-electron chi connectivity index (χ2n) is 4.21. The highest BCUT2D eigenvalue weighted by molar-refractivity contribution is 5.93. The summed E-state index contributed by atoms with van der Waals surface area (Å²) in [4.78, 5) is 28.1. The van der Waals surface area contributed by atoms with Gasteiger partial charge in [-0.15, -0.1) is 6.58 Å². The molecule has 0 aliphatic carbocycles. The first-order valence-electron chi connectivity index (χ1n) is 6.20. The molecule has 0 fully saturated rings. The molecular formula is C15H15N3O2. The lowest BCUT2D eigenvalue weighted by molar-refractivity contribution is 0.0956. The van der Waals surface area contributed by atoms with Crippen LogP contribution in [0.1, 0.15) is 15.9 Å². The van der Waals surface area contributed by atoms with Gasteiger partial charge in [-0.05, 0) is 23.8 Å². The summed E-state index contributed by atoms with van der Waals surface area (Å²) in [5.74, 6) is -0.393. The number of hydrogen-bond donors (Lipinski definition) is 1. The molecule has 1 N–H and O–H groups in total. The van der Waals surface area contributed by atoms with Crippen molar-refractivity contribution in [3.63, 3.8) is 0 Å². The standard InChI is InChI=1S/C15H15N3O2/c1-2-7-17-14(19)13-6-4-9-18(15(13)20)11-12-5-3-8-16-10-12/h2-6,8-10H,1,7,11H2,(H,17,19). The number of carbonyl (C=O) groups excluding carboxylic acids is 1. The minimum atomic E-state index is -0.393. The van der Waals surface area contributed by atoms with Crippen molar-refractivity contribution in [1.29, 1.82) is 0 Å². The van der Waals surface area contributed by atoms with Crippen molar-refractivity contribution in [1.82, 2.24) is 14.9 Å². The Balaban J connectivity index is 2.26. The second kappa shape index (κ2) is 6.47. The first kappa shape index (κ1) is 13.7. The van der Waals surface area contributed by atoms with E-state index >= 15 is 0 Å². The van der Waals surface area contributed by atoms with E-state index in [0.29, 0.717) is 13.1 Å². The Hall–Kier alpha value is -2.69. The summed E-state index contributed by atoms with van der Waals surface area (Å²) in [6.07, 6.45) is 6.58. The van der Waals surface area contributed by atoms with Gasteiger partial charge in [-0.1, -0.05) is 12.1 Å². The highest BCUT2D eigenvalue weighted by Gasteiger charge is 2.11. The smallest absolute Gasteiger partial charge is 0.263 e. The third-order valence-electron chi connectivity index (χ3n) is 2.75. The van der Waals surface area contributed by atoms with Gasteiger partial charge in [0, 0.05) is 25.1 Å². The van der Waals surface area contributed by atoms with Crippen molar-refractivity contribution in [2.75, 3.05) is 6.54 Å². The molecule has 2 aromatic rings. The van der Waals surface area contributed by atoms with Gasteiger partial charge in [-0.3, -0.25) is 14.6 Å². The Labute approximate surface area is 116 Å². The van der Waals surface area contributed by atoms with Crippen LogP contribution in [0.2, 0.25) is 0 Å². The molecule has 0 aromatic carbocycles. The zero-order chi connectivity index (χ0) is 14.4. The molecule has 2 rings (SSSR count). The van der Waals surface area contributed by atoms with Crippen LogP contribution in [0.3, 0.4) is 0 Å². The Bertz CT molecular complexity index is 662. The van der Waals surface area contributed by atoms with Crippen LogP contribution >= 0.6 is 0 Å². The molecule has 1 amide bonds. The van der Waals surface area contributed by atoms with E-state index in [2.05, 4.69) is 16.9 Å². The quantitative estimate of drug-likeness (QED) is 0.830. The number of rotatable bonds is 5. The first-order chi connectivity index (χ1) is 9.72. The molecule has 0 saturated carbocycles. The summed E-state index contributed by atoms with van der Waals surface area (Å²) in [6.45, 7) is 4.23. The molecule has 2 heterocycles. The van der Waals surface area contributed by atoms with E-state index in [0.717, 1.165) is 5.56 Å². The van der Waals surface area contributed by atoms with Crippen LogP contribution < -0.4 is 10.9 Å². The van der Waals surface area contributed by atoms with Gasteiger partial charge in [0.15, 0.2) is 0 Å². The molecule has 0 spiro atoms. The van der Waals surface area contributed by atoms with Crippen molar-refractivity contribution in [2.24, 2.45) is 0 Å². The molecule has 20 heavy (non-hydrogen) atoms. The molecule has 0 saturated heterocycles. The normalized spacial score (nSPS) is 10.0. The van der Waals surface area contributed by atoms with E-state index < -0.39 is 5.91 Å². The lowest BCUT2D eigenvalue weighted by atomic mass is 10.2. The van der Waals surface area contributed by atoms with Crippen LogP contribution in [0.5, 0.6) is 0 Å². The topological polar surface area (TPSA) is 64.0 Å². The molecule has 0 unspecified atom stereocenters. The Kier molecular flexibility index (Phi) is 4.44. The molecule has 5 heteroatoms. The van der Waals surface area contributed by atoms with Gasteiger partial charge in [0.25, 0.3) is 11.5 Å². The molecule has 0 bridgehead atoms. The van der Waals surface area contributed by atoms with E-state index in [9.17, 15) is 9.59 Å². The number of carbonyl (C=O) groups is 1. The van der Waals surface area contributed by atoms with Gasteiger partial charge in [0.05, 0.1) is 6.54 Å². The number of nitrogens with zero attached hydrogens (tertiary/aromatic N) is 2. The van der Waals surface area contributed by atoms with E-state index in [4.69, 9.17) is 0 Å². The third-order valence-corrected chi connectivity index (χ3v) is 2.75. The summed E-state index contributed by atoms with van der Waals surface area (Å²) in [5.41, 5.74) is 0.703. The molecular weight excluding hydrogens is 254 g/mol. The van der Waals surface area contributed by atoms with Gasteiger partial charge >= 0.3 is 0 Å². The predicted molar refractivity (Wildman–Crippen MR) is 76.6 cm³/mol. The molecule has 0 aliphatic heterocycles. The van der Waals surface area contributed by atoms with Crippen LogP contribution in [0.4, 0.5) is 0 Å². The SMILES string of the molecule is C=CCNC(=O)c1cccn(Cc2cccnc2)c1=O. The van der Waals surface area contributed by atoms with E-state index in [1.165, 1.54) is 10.6 Å². The van der Waals surface area contributed by atoms with Gasteiger partial charge in [-0.2, -0.15) is 0 Å². The molecule has 0 radical (unpaired) electrons. The Morgan fingerprint density at radius 1 is 1.40 bits per heavy atom. The van der Waals surface area contributed by atoms with Crippen LogP contribution in [-0.4, -0.2) is 22.0 Å². The number of aromatic nitrogens is 2. The zero-order valence-corrected chi connectivity index (χ0v) is 11.0. The predicted octanol–water partition coefficient (Wildman–Crippen LogP) is 1.21. The average molecular weight is 269 g/mol. The maximum Gasteiger partial charge on any atom is 0.263 e. The van der Waals surface area contributed by atoms with E-state index in [1.54, 1.807) is 36.8 Å². The minimum Gasteiger partial charge on any atom is -0.348 e. The summed E-state index contributed by atoms with van der Waals surface area (Å²) >= 11 is 0. The van der Waals surface area contributed by atoms with Crippen LogP contribution in [0.25, 0.3) is 0 Å². The van der Waals surface area contributed by atoms with Crippen molar-refractivity contribution in [3.8, 4) is 0 Å². The maximum absolute atomic E-state index is 12.2. The lowest BCUT2D eigenvalue weighted by Crippen LogP contribution is -2.33. The number of pyridine rings is 2. The third kappa shape index (κ3) is 3.20. The lowest BCUT2D eigenvalue weighted by Gasteiger charge is -2.08. The molecule has 5 nitrogen and oxygen atoms in total. The molecule has 102 valence electrons. The average Bonchev–Trinajstić information content (AvgIpc) is 2.48. The van der Waals surface area contributed by atoms with Crippen molar-refractivity contribution >= 4 is 5.91 Å². The Morgan fingerprint density at radius 2 is 2.25 bits per heavy atom. The fourth-order valence-corrected chi connectivity index (χ4v) is 1.78. The van der Waals surface area contributed by atoms with Gasteiger partial charge in [-0.25, -0.2) is 0 Å². The molecule has 0 atom stereocenters. The van der Waals surface area contributed by atoms with Gasteiger partial charge in [0.1, 0.15) is 5.56 Å². The number of hydrogen-bond acceptors (Lipinski definition) is 3. The largest absolute Gasteiger partial charge is 0.348 e. The minimum absolute atomic E-state index is 0.123. The van der Waals surface area contributed by atoms with Crippen LogP contribution in [-0.2, 0) is 6.54 Å². The highest BCUT2D eigenvalue weighted by Crippen LogP contribution is 1.99. The second-order valence-corrected chi connectivity index (χ2v) is 4.21. The van der Waals surface area contributed by atoms with E-state index in [1.807, 2.05) is 6.07 Å². The van der Waals surface area contributed by atoms with Gasteiger partial charge in [0.2, 0.25) is 0 Å². The summed E-state index contributed by atoms with van der Waals surface area (Å²) in [6, 6.07) is 6.88. The monoisotopic (exact) mass is 269 g/mol. The fourth-order valence-electron chi connectivity index (χ4n) is 1.78.